The summed E-state index contributed by atoms with van der Waals surface area (Å²) in [5.74, 6) is -1.46. The van der Waals surface area contributed by atoms with Crippen molar-refractivity contribution in [1.82, 2.24) is 4.72 Å². The van der Waals surface area contributed by atoms with E-state index in [9.17, 15) is 18.3 Å². The van der Waals surface area contributed by atoms with Gasteiger partial charge < -0.3 is 5.11 Å². The van der Waals surface area contributed by atoms with E-state index in [2.05, 4.69) is 4.72 Å². The highest BCUT2D eigenvalue weighted by Gasteiger charge is 2.30. The standard InChI is InChI=1S/C19H21NO4S/c1-3-12(2)18(19(21)22)20-25(23,24)15-8-9-17-14(11-15)10-13-6-4-5-7-16(13)17/h4-9,11-12,18,20H,3,10H2,1-2H3,(H,21,22)/t12-,18-/m0/s1. The molecule has 0 unspecified atom stereocenters. The minimum atomic E-state index is -3.90. The fraction of sp³-hybridized carbons (Fsp3) is 0.316. The minimum absolute atomic E-state index is 0.105. The Morgan fingerprint density at radius 3 is 2.52 bits per heavy atom. The van der Waals surface area contributed by atoms with Crippen molar-refractivity contribution in [2.75, 3.05) is 0 Å². The number of fused-ring (bicyclic) bond motifs is 3. The summed E-state index contributed by atoms with van der Waals surface area (Å²) in [6.45, 7) is 3.56. The topological polar surface area (TPSA) is 83.5 Å². The summed E-state index contributed by atoms with van der Waals surface area (Å²) in [6.07, 6.45) is 1.25. The van der Waals surface area contributed by atoms with E-state index in [0.717, 1.165) is 16.7 Å². The molecular formula is C19H21NO4S. The number of hydrogen-bond donors (Lipinski definition) is 2. The normalized spacial score (nSPS) is 15.3. The molecule has 0 amide bonds. The molecule has 0 aromatic heterocycles. The molecule has 0 saturated heterocycles. The fourth-order valence-corrected chi connectivity index (χ4v) is 4.52. The van der Waals surface area contributed by atoms with E-state index in [4.69, 9.17) is 0 Å². The van der Waals surface area contributed by atoms with Gasteiger partial charge in [0.05, 0.1) is 4.90 Å². The van der Waals surface area contributed by atoms with Crippen molar-refractivity contribution >= 4 is 16.0 Å². The molecule has 0 bridgehead atoms. The largest absolute Gasteiger partial charge is 0.480 e. The van der Waals surface area contributed by atoms with Gasteiger partial charge >= 0.3 is 5.97 Å². The molecule has 0 aliphatic heterocycles. The van der Waals surface area contributed by atoms with Crippen molar-refractivity contribution in [2.45, 2.75) is 37.6 Å². The number of carboxylic acids is 1. The average Bonchev–Trinajstić information content (AvgIpc) is 2.96. The third-order valence-corrected chi connectivity index (χ3v) is 6.28. The highest BCUT2D eigenvalue weighted by molar-refractivity contribution is 7.89. The zero-order chi connectivity index (χ0) is 18.2. The van der Waals surface area contributed by atoms with E-state index in [1.54, 1.807) is 25.1 Å². The van der Waals surface area contributed by atoms with Crippen LogP contribution in [0.1, 0.15) is 31.4 Å². The van der Waals surface area contributed by atoms with Gasteiger partial charge in [0.2, 0.25) is 10.0 Å². The molecule has 2 atom stereocenters. The van der Waals surface area contributed by atoms with Gasteiger partial charge in [0.1, 0.15) is 6.04 Å². The van der Waals surface area contributed by atoms with E-state index in [1.807, 2.05) is 31.2 Å². The molecule has 3 rings (SSSR count). The summed E-state index contributed by atoms with van der Waals surface area (Å²) in [6, 6.07) is 11.8. The maximum Gasteiger partial charge on any atom is 0.322 e. The van der Waals surface area contributed by atoms with Crippen molar-refractivity contribution in [1.29, 1.82) is 0 Å². The molecule has 1 aliphatic rings. The summed E-state index contributed by atoms with van der Waals surface area (Å²) >= 11 is 0. The van der Waals surface area contributed by atoms with Crippen molar-refractivity contribution < 1.29 is 18.3 Å². The molecule has 1 aliphatic carbocycles. The molecule has 2 aromatic carbocycles. The molecule has 2 N–H and O–H groups in total. The molecule has 25 heavy (non-hydrogen) atoms. The third kappa shape index (κ3) is 3.32. The molecule has 5 nitrogen and oxygen atoms in total. The van der Waals surface area contributed by atoms with Gasteiger partial charge in [-0.1, -0.05) is 50.6 Å². The molecule has 6 heteroatoms. The highest BCUT2D eigenvalue weighted by Crippen LogP contribution is 2.37. The van der Waals surface area contributed by atoms with Crippen LogP contribution in [-0.2, 0) is 21.2 Å². The van der Waals surface area contributed by atoms with Gasteiger partial charge in [-0.15, -0.1) is 0 Å². The quantitative estimate of drug-likeness (QED) is 0.709. The second-order valence-corrected chi connectivity index (χ2v) is 8.19. The minimum Gasteiger partial charge on any atom is -0.480 e. The summed E-state index contributed by atoms with van der Waals surface area (Å²) < 4.78 is 27.7. The van der Waals surface area contributed by atoms with E-state index < -0.39 is 22.0 Å². The summed E-state index contributed by atoms with van der Waals surface area (Å²) in [4.78, 5) is 11.5. The van der Waals surface area contributed by atoms with Crippen LogP contribution in [-0.4, -0.2) is 25.5 Å². The van der Waals surface area contributed by atoms with Gasteiger partial charge in [0.25, 0.3) is 0 Å². The predicted octanol–water partition coefficient (Wildman–Crippen LogP) is 3.04. The number of aliphatic carboxylic acids is 1. The van der Waals surface area contributed by atoms with E-state index in [0.29, 0.717) is 12.8 Å². The Morgan fingerprint density at radius 1 is 1.16 bits per heavy atom. The Morgan fingerprint density at radius 2 is 1.84 bits per heavy atom. The number of carboxylic acid groups (broad SMARTS) is 1. The first kappa shape index (κ1) is 17.6. The first-order valence-electron chi connectivity index (χ1n) is 8.30. The van der Waals surface area contributed by atoms with Gasteiger partial charge in [0, 0.05) is 0 Å². The summed E-state index contributed by atoms with van der Waals surface area (Å²) in [5.41, 5.74) is 4.27. The molecule has 0 heterocycles. The molecule has 132 valence electrons. The Labute approximate surface area is 147 Å². The van der Waals surface area contributed by atoms with E-state index in [1.165, 1.54) is 5.56 Å². The first-order valence-corrected chi connectivity index (χ1v) is 9.78. The number of sulfonamides is 1. The van der Waals surface area contributed by atoms with Crippen LogP contribution >= 0.6 is 0 Å². The number of benzene rings is 2. The Hall–Kier alpha value is -2.18. The lowest BCUT2D eigenvalue weighted by atomic mass is 10.0. The zero-order valence-corrected chi connectivity index (χ0v) is 15.0. The van der Waals surface area contributed by atoms with Crippen LogP contribution in [0.25, 0.3) is 11.1 Å². The van der Waals surface area contributed by atoms with Crippen molar-refractivity contribution in [3.63, 3.8) is 0 Å². The predicted molar refractivity (Wildman–Crippen MR) is 95.9 cm³/mol. The van der Waals surface area contributed by atoms with Gasteiger partial charge in [-0.3, -0.25) is 4.79 Å². The maximum atomic E-state index is 12.7. The van der Waals surface area contributed by atoms with Crippen LogP contribution in [0, 0.1) is 5.92 Å². The van der Waals surface area contributed by atoms with Crippen LogP contribution in [0.15, 0.2) is 47.4 Å². The third-order valence-electron chi connectivity index (χ3n) is 4.84. The molecule has 0 spiro atoms. The monoisotopic (exact) mass is 359 g/mol. The number of hydrogen-bond acceptors (Lipinski definition) is 3. The average molecular weight is 359 g/mol. The van der Waals surface area contributed by atoms with Crippen LogP contribution in [0.4, 0.5) is 0 Å². The van der Waals surface area contributed by atoms with Gasteiger partial charge in [0.15, 0.2) is 0 Å². The van der Waals surface area contributed by atoms with Gasteiger partial charge in [-0.2, -0.15) is 4.72 Å². The zero-order valence-electron chi connectivity index (χ0n) is 14.2. The van der Waals surface area contributed by atoms with Crippen LogP contribution < -0.4 is 4.72 Å². The lowest BCUT2D eigenvalue weighted by Gasteiger charge is -2.20. The van der Waals surface area contributed by atoms with Crippen molar-refractivity contribution in [2.24, 2.45) is 5.92 Å². The van der Waals surface area contributed by atoms with E-state index >= 15 is 0 Å². The molecule has 0 saturated carbocycles. The molecule has 2 aromatic rings. The van der Waals surface area contributed by atoms with Gasteiger partial charge in [-0.05, 0) is 46.7 Å². The summed E-state index contributed by atoms with van der Waals surface area (Å²) in [5, 5.41) is 9.33. The highest BCUT2D eigenvalue weighted by atomic mass is 32.2. The lowest BCUT2D eigenvalue weighted by molar-refractivity contribution is -0.140. The Bertz CT molecular complexity index is 921. The SMILES string of the molecule is CC[C@H](C)[C@H](NS(=O)(=O)c1ccc2c(c1)Cc1ccccc1-2)C(=O)O. The van der Waals surface area contributed by atoms with Gasteiger partial charge in [-0.25, -0.2) is 8.42 Å². The number of nitrogens with one attached hydrogen (secondary N) is 1. The Kier molecular flexibility index (Phi) is 4.67. The molecule has 0 fully saturated rings. The number of carbonyl (C=O) groups is 1. The fourth-order valence-electron chi connectivity index (χ4n) is 3.17. The van der Waals surface area contributed by atoms with Crippen molar-refractivity contribution in [3.05, 3.63) is 53.6 Å². The Balaban J connectivity index is 1.92. The second kappa shape index (κ2) is 6.61. The maximum absolute atomic E-state index is 12.7. The molecular weight excluding hydrogens is 338 g/mol. The van der Waals surface area contributed by atoms with Crippen LogP contribution in [0.2, 0.25) is 0 Å². The first-order chi connectivity index (χ1) is 11.8. The summed E-state index contributed by atoms with van der Waals surface area (Å²) in [7, 11) is -3.90. The van der Waals surface area contributed by atoms with E-state index in [-0.39, 0.29) is 10.8 Å². The second-order valence-electron chi connectivity index (χ2n) is 6.48. The molecule has 0 radical (unpaired) electrons. The lowest BCUT2D eigenvalue weighted by Crippen LogP contribution is -2.44. The number of rotatable bonds is 6. The van der Waals surface area contributed by atoms with Crippen molar-refractivity contribution in [3.8, 4) is 11.1 Å². The van der Waals surface area contributed by atoms with Crippen LogP contribution in [0.5, 0.6) is 0 Å². The van der Waals surface area contributed by atoms with Crippen LogP contribution in [0.3, 0.4) is 0 Å². The smallest absolute Gasteiger partial charge is 0.322 e.